The Morgan fingerprint density at radius 1 is 1.23 bits per heavy atom. The van der Waals surface area contributed by atoms with E-state index in [1.54, 1.807) is 0 Å². The quantitative estimate of drug-likeness (QED) is 0.0977. The van der Waals surface area contributed by atoms with Crippen molar-refractivity contribution in [2.24, 2.45) is 22.2 Å². The van der Waals surface area contributed by atoms with Gasteiger partial charge in [-0.25, -0.2) is 4.79 Å². The Bertz CT molecular complexity index is 667. The molecule has 0 radical (unpaired) electrons. The van der Waals surface area contributed by atoms with E-state index in [4.69, 9.17) is 27.4 Å². The molecule has 0 aromatic heterocycles. The van der Waals surface area contributed by atoms with Crippen molar-refractivity contribution in [1.29, 1.82) is 0 Å². The minimum Gasteiger partial charge on any atom is -0.480 e. The number of hydrogen-bond acceptors (Lipinski definition) is 7. The van der Waals surface area contributed by atoms with Gasteiger partial charge in [0.05, 0.1) is 12.6 Å². The predicted octanol–water partition coefficient (Wildman–Crippen LogP) is -3.58. The number of nitrogens with two attached hydrogens (primary N) is 3. The minimum absolute atomic E-state index is 0.0435. The van der Waals surface area contributed by atoms with E-state index in [1.165, 1.54) is 11.8 Å². The normalized spacial score (nSPS) is 18.8. The maximum absolute atomic E-state index is 12.6. The van der Waals surface area contributed by atoms with Crippen LogP contribution in [-0.4, -0.2) is 88.6 Å². The fourth-order valence-electron chi connectivity index (χ4n) is 3.02. The summed E-state index contributed by atoms with van der Waals surface area (Å²) in [5, 5.41) is 22.4. The van der Waals surface area contributed by atoms with Crippen molar-refractivity contribution in [2.45, 2.75) is 56.8 Å². The van der Waals surface area contributed by atoms with Crippen molar-refractivity contribution in [3.63, 3.8) is 0 Å². The molecule has 0 aromatic carbocycles. The summed E-state index contributed by atoms with van der Waals surface area (Å²) in [6.07, 6.45) is 1.87. The standard InChI is InChI=1S/C17H31N7O6/c1-9(13(26)23-11(8-25)16(29)30)22-14(27)12-5-3-7-24(12)15(28)10(18)4-2-6-21-17(19)20/h9-12,25H,2-8,18H2,1H3,(H,22,27)(H,23,26)(H,29,30)(H4,19,20,21). The van der Waals surface area contributed by atoms with Crippen LogP contribution in [-0.2, 0) is 19.2 Å². The zero-order chi connectivity index (χ0) is 22.8. The third-order valence-electron chi connectivity index (χ3n) is 4.67. The van der Waals surface area contributed by atoms with Crippen LogP contribution in [0.15, 0.2) is 4.99 Å². The van der Waals surface area contributed by atoms with Crippen LogP contribution < -0.4 is 27.8 Å². The number of amides is 3. The highest BCUT2D eigenvalue weighted by atomic mass is 16.4. The minimum atomic E-state index is -1.47. The lowest BCUT2D eigenvalue weighted by molar-refractivity contribution is -0.143. The van der Waals surface area contributed by atoms with Crippen molar-refractivity contribution < 1.29 is 29.4 Å². The molecule has 1 rings (SSSR count). The van der Waals surface area contributed by atoms with Crippen LogP contribution >= 0.6 is 0 Å². The zero-order valence-electron chi connectivity index (χ0n) is 16.9. The van der Waals surface area contributed by atoms with Gasteiger partial charge in [0.1, 0.15) is 18.1 Å². The molecule has 1 aliphatic heterocycles. The van der Waals surface area contributed by atoms with Crippen LogP contribution in [0.2, 0.25) is 0 Å². The monoisotopic (exact) mass is 429 g/mol. The SMILES string of the molecule is CC(NC(=O)C1CCCN1C(=O)C(N)CCCN=C(N)N)C(=O)NC(CO)C(=O)O. The van der Waals surface area contributed by atoms with E-state index >= 15 is 0 Å². The number of carbonyl (C=O) groups excluding carboxylic acids is 3. The van der Waals surface area contributed by atoms with E-state index in [9.17, 15) is 19.2 Å². The highest BCUT2D eigenvalue weighted by Gasteiger charge is 2.37. The first-order valence-corrected chi connectivity index (χ1v) is 9.64. The fraction of sp³-hybridized carbons (Fsp3) is 0.706. The third-order valence-corrected chi connectivity index (χ3v) is 4.67. The summed E-state index contributed by atoms with van der Waals surface area (Å²) >= 11 is 0. The Morgan fingerprint density at radius 3 is 2.47 bits per heavy atom. The summed E-state index contributed by atoms with van der Waals surface area (Å²) in [5.41, 5.74) is 16.4. The van der Waals surface area contributed by atoms with Crippen LogP contribution in [0, 0.1) is 0 Å². The molecule has 1 heterocycles. The number of carbonyl (C=O) groups is 4. The highest BCUT2D eigenvalue weighted by molar-refractivity contribution is 5.94. The number of aliphatic carboxylic acids is 1. The topological polar surface area (TPSA) is 226 Å². The van der Waals surface area contributed by atoms with Gasteiger partial charge in [-0.1, -0.05) is 0 Å². The maximum atomic E-state index is 12.6. The molecule has 13 nitrogen and oxygen atoms in total. The molecule has 0 spiro atoms. The smallest absolute Gasteiger partial charge is 0.328 e. The molecule has 4 atom stereocenters. The first kappa shape index (κ1) is 25.1. The van der Waals surface area contributed by atoms with Gasteiger partial charge < -0.3 is 42.9 Å². The molecule has 30 heavy (non-hydrogen) atoms. The van der Waals surface area contributed by atoms with Crippen LogP contribution in [0.5, 0.6) is 0 Å². The van der Waals surface area contributed by atoms with E-state index in [-0.39, 0.29) is 11.9 Å². The molecule has 0 saturated carbocycles. The molecule has 170 valence electrons. The summed E-state index contributed by atoms with van der Waals surface area (Å²) in [4.78, 5) is 53.4. The number of aliphatic hydroxyl groups is 1. The third kappa shape index (κ3) is 7.48. The Labute approximate surface area is 174 Å². The van der Waals surface area contributed by atoms with Crippen LogP contribution in [0.25, 0.3) is 0 Å². The Kier molecular flexibility index (Phi) is 9.98. The molecule has 4 unspecified atom stereocenters. The van der Waals surface area contributed by atoms with Gasteiger partial charge in [-0.05, 0) is 32.6 Å². The Morgan fingerprint density at radius 2 is 1.90 bits per heavy atom. The number of aliphatic imine (C=N–C) groups is 1. The van der Waals surface area contributed by atoms with Crippen LogP contribution in [0.4, 0.5) is 0 Å². The molecule has 10 N–H and O–H groups in total. The van der Waals surface area contributed by atoms with Gasteiger partial charge in [-0.3, -0.25) is 19.4 Å². The number of hydrogen-bond donors (Lipinski definition) is 7. The predicted molar refractivity (Wildman–Crippen MR) is 107 cm³/mol. The van der Waals surface area contributed by atoms with Crippen LogP contribution in [0.1, 0.15) is 32.6 Å². The number of guanidine groups is 1. The van der Waals surface area contributed by atoms with E-state index < -0.39 is 48.6 Å². The lowest BCUT2D eigenvalue weighted by atomic mass is 10.1. The Balaban J connectivity index is 2.62. The average molecular weight is 429 g/mol. The van der Waals surface area contributed by atoms with Gasteiger partial charge in [0, 0.05) is 13.1 Å². The number of likely N-dealkylation sites (tertiary alicyclic amines) is 1. The van der Waals surface area contributed by atoms with Gasteiger partial charge in [0.25, 0.3) is 0 Å². The average Bonchev–Trinajstić information content (AvgIpc) is 3.17. The molecular formula is C17H31N7O6. The van der Waals surface area contributed by atoms with E-state index in [0.29, 0.717) is 38.8 Å². The van der Waals surface area contributed by atoms with Crippen molar-refractivity contribution in [1.82, 2.24) is 15.5 Å². The zero-order valence-corrected chi connectivity index (χ0v) is 16.9. The number of nitrogens with one attached hydrogen (secondary N) is 2. The molecule has 0 aromatic rings. The lowest BCUT2D eigenvalue weighted by Gasteiger charge is -2.27. The number of carboxylic acids is 1. The molecule has 3 amide bonds. The maximum Gasteiger partial charge on any atom is 0.328 e. The van der Waals surface area contributed by atoms with Gasteiger partial charge in [0.2, 0.25) is 17.7 Å². The largest absolute Gasteiger partial charge is 0.480 e. The lowest BCUT2D eigenvalue weighted by Crippen LogP contribution is -2.56. The van der Waals surface area contributed by atoms with E-state index in [2.05, 4.69) is 15.6 Å². The molecular weight excluding hydrogens is 398 g/mol. The summed E-state index contributed by atoms with van der Waals surface area (Å²) in [5.74, 6) is -3.12. The fourth-order valence-corrected chi connectivity index (χ4v) is 3.02. The second-order valence-electron chi connectivity index (χ2n) is 7.06. The van der Waals surface area contributed by atoms with Crippen LogP contribution in [0.3, 0.4) is 0 Å². The summed E-state index contributed by atoms with van der Waals surface area (Å²) in [6.45, 7) is 1.30. The molecule has 1 aliphatic rings. The molecule has 13 heteroatoms. The van der Waals surface area contributed by atoms with Gasteiger partial charge >= 0.3 is 5.97 Å². The van der Waals surface area contributed by atoms with Gasteiger partial charge in [0.15, 0.2) is 5.96 Å². The second kappa shape index (κ2) is 11.9. The van der Waals surface area contributed by atoms with E-state index in [1.807, 2.05) is 0 Å². The number of nitrogens with zero attached hydrogens (tertiary/aromatic N) is 2. The molecule has 0 bridgehead atoms. The molecule has 0 aliphatic carbocycles. The number of carboxylic acid groups (broad SMARTS) is 1. The first-order chi connectivity index (χ1) is 14.1. The highest BCUT2D eigenvalue weighted by Crippen LogP contribution is 2.19. The second-order valence-corrected chi connectivity index (χ2v) is 7.06. The van der Waals surface area contributed by atoms with Gasteiger partial charge in [-0.2, -0.15) is 0 Å². The van der Waals surface area contributed by atoms with Crippen molar-refractivity contribution in [2.75, 3.05) is 19.7 Å². The number of aliphatic hydroxyl groups excluding tert-OH is 1. The van der Waals surface area contributed by atoms with Gasteiger partial charge in [-0.15, -0.1) is 0 Å². The molecule has 1 fully saturated rings. The van der Waals surface area contributed by atoms with Crippen molar-refractivity contribution >= 4 is 29.7 Å². The Hall–Kier alpha value is -2.93. The summed E-state index contributed by atoms with van der Waals surface area (Å²) in [7, 11) is 0. The number of rotatable bonds is 11. The van der Waals surface area contributed by atoms with E-state index in [0.717, 1.165) is 0 Å². The van der Waals surface area contributed by atoms with Crippen molar-refractivity contribution in [3.8, 4) is 0 Å². The van der Waals surface area contributed by atoms with Crippen molar-refractivity contribution in [3.05, 3.63) is 0 Å². The summed E-state index contributed by atoms with van der Waals surface area (Å²) < 4.78 is 0. The molecule has 1 saturated heterocycles. The first-order valence-electron chi connectivity index (χ1n) is 9.64. The summed E-state index contributed by atoms with van der Waals surface area (Å²) in [6, 6.07) is -4.12.